The summed E-state index contributed by atoms with van der Waals surface area (Å²) in [5, 5.41) is 2.87. The van der Waals surface area contributed by atoms with Gasteiger partial charge in [-0.1, -0.05) is 55.5 Å². The van der Waals surface area contributed by atoms with E-state index in [9.17, 15) is 19.2 Å². The van der Waals surface area contributed by atoms with Crippen LogP contribution < -0.4 is 5.32 Å². The third-order valence-corrected chi connectivity index (χ3v) is 6.19. The minimum absolute atomic E-state index is 0.0371. The standard InChI is InChI=1S/C29H36N2O5/c1-20(18-25(32)31-17-11-16-24(31)28(35)36-29(2,3)4)26(33)23(19-21-12-7-5-8-13-21)30-27(34)22-14-9-6-10-15-22/h5-10,12-15,20,23-24H,11,16-19H2,1-4H3,(H,30,34)/t20-,23+,24-/m0/s1. The molecule has 0 aromatic heterocycles. The molecule has 0 aliphatic carbocycles. The highest BCUT2D eigenvalue weighted by atomic mass is 16.6. The Bertz CT molecular complexity index is 1060. The molecule has 1 heterocycles. The van der Waals surface area contributed by atoms with Gasteiger partial charge in [0.05, 0.1) is 6.04 Å². The monoisotopic (exact) mass is 492 g/mol. The van der Waals surface area contributed by atoms with Gasteiger partial charge in [-0.15, -0.1) is 0 Å². The molecule has 0 bridgehead atoms. The molecule has 3 atom stereocenters. The Kier molecular flexibility index (Phi) is 9.02. The summed E-state index contributed by atoms with van der Waals surface area (Å²) in [6.45, 7) is 7.55. The summed E-state index contributed by atoms with van der Waals surface area (Å²) in [6, 6.07) is 16.8. The number of carbonyl (C=O) groups excluding carboxylic acids is 4. The van der Waals surface area contributed by atoms with Crippen molar-refractivity contribution in [2.24, 2.45) is 5.92 Å². The van der Waals surface area contributed by atoms with Crippen LogP contribution in [-0.2, 0) is 25.5 Å². The van der Waals surface area contributed by atoms with Crippen LogP contribution in [0.2, 0.25) is 0 Å². The van der Waals surface area contributed by atoms with E-state index in [1.165, 1.54) is 4.90 Å². The van der Waals surface area contributed by atoms with Crippen LogP contribution in [0, 0.1) is 5.92 Å². The van der Waals surface area contributed by atoms with Crippen molar-refractivity contribution in [3.8, 4) is 0 Å². The zero-order valence-electron chi connectivity index (χ0n) is 21.5. The van der Waals surface area contributed by atoms with Crippen molar-refractivity contribution < 1.29 is 23.9 Å². The molecular weight excluding hydrogens is 456 g/mol. The first-order chi connectivity index (χ1) is 17.0. The van der Waals surface area contributed by atoms with Gasteiger partial charge in [0.25, 0.3) is 5.91 Å². The number of carbonyl (C=O) groups is 4. The Morgan fingerprint density at radius 3 is 2.22 bits per heavy atom. The number of nitrogens with zero attached hydrogens (tertiary/aromatic N) is 1. The Morgan fingerprint density at radius 2 is 1.61 bits per heavy atom. The second-order valence-electron chi connectivity index (χ2n) is 10.4. The van der Waals surface area contributed by atoms with Crippen LogP contribution in [0.15, 0.2) is 60.7 Å². The normalized spacial score (nSPS) is 17.2. The van der Waals surface area contributed by atoms with E-state index in [2.05, 4.69) is 5.32 Å². The summed E-state index contributed by atoms with van der Waals surface area (Å²) in [7, 11) is 0. The third-order valence-electron chi connectivity index (χ3n) is 6.19. The average Bonchev–Trinajstić information content (AvgIpc) is 3.34. The van der Waals surface area contributed by atoms with Gasteiger partial charge in [-0.25, -0.2) is 4.79 Å². The first-order valence-corrected chi connectivity index (χ1v) is 12.5. The molecule has 0 spiro atoms. The van der Waals surface area contributed by atoms with Crippen LogP contribution in [0.3, 0.4) is 0 Å². The number of hydrogen-bond donors (Lipinski definition) is 1. The molecule has 0 radical (unpaired) electrons. The third kappa shape index (κ3) is 7.51. The highest BCUT2D eigenvalue weighted by Gasteiger charge is 2.38. The molecule has 192 valence electrons. The average molecular weight is 493 g/mol. The summed E-state index contributed by atoms with van der Waals surface area (Å²) in [5.74, 6) is -1.86. The maximum atomic E-state index is 13.5. The molecule has 7 heteroatoms. The summed E-state index contributed by atoms with van der Waals surface area (Å²) in [4.78, 5) is 53.6. The van der Waals surface area contributed by atoms with Crippen molar-refractivity contribution >= 4 is 23.6 Å². The van der Waals surface area contributed by atoms with Gasteiger partial charge in [0.2, 0.25) is 5.91 Å². The lowest BCUT2D eigenvalue weighted by Crippen LogP contribution is -2.47. The predicted molar refractivity (Wildman–Crippen MR) is 137 cm³/mol. The number of benzene rings is 2. The number of likely N-dealkylation sites (tertiary alicyclic amines) is 1. The van der Waals surface area contributed by atoms with Crippen LogP contribution in [-0.4, -0.2) is 52.7 Å². The smallest absolute Gasteiger partial charge is 0.329 e. The lowest BCUT2D eigenvalue weighted by molar-refractivity contribution is -0.163. The van der Waals surface area contributed by atoms with Gasteiger partial charge >= 0.3 is 5.97 Å². The van der Waals surface area contributed by atoms with E-state index in [1.807, 2.05) is 36.4 Å². The van der Waals surface area contributed by atoms with E-state index >= 15 is 0 Å². The summed E-state index contributed by atoms with van der Waals surface area (Å²) in [5.41, 5.74) is 0.732. The lowest BCUT2D eigenvalue weighted by atomic mass is 9.91. The number of nitrogens with one attached hydrogen (secondary N) is 1. The summed E-state index contributed by atoms with van der Waals surface area (Å²) >= 11 is 0. The van der Waals surface area contributed by atoms with E-state index in [1.54, 1.807) is 52.0 Å². The molecule has 7 nitrogen and oxygen atoms in total. The molecule has 0 unspecified atom stereocenters. The van der Waals surface area contributed by atoms with Crippen molar-refractivity contribution in [3.63, 3.8) is 0 Å². The van der Waals surface area contributed by atoms with Gasteiger partial charge in [-0.05, 0) is 57.7 Å². The molecule has 2 aromatic rings. The van der Waals surface area contributed by atoms with Crippen LogP contribution in [0.4, 0.5) is 0 Å². The molecule has 3 rings (SSSR count). The van der Waals surface area contributed by atoms with Gasteiger partial charge in [0.15, 0.2) is 5.78 Å². The lowest BCUT2D eigenvalue weighted by Gasteiger charge is -2.28. The number of Topliss-reactive ketones (excluding diaryl/α,β-unsaturated/α-hetero) is 1. The summed E-state index contributed by atoms with van der Waals surface area (Å²) < 4.78 is 5.50. The van der Waals surface area contributed by atoms with E-state index in [4.69, 9.17) is 4.74 Å². The molecule has 1 fully saturated rings. The fourth-order valence-corrected chi connectivity index (χ4v) is 4.41. The van der Waals surface area contributed by atoms with Crippen molar-refractivity contribution in [1.29, 1.82) is 0 Å². The molecule has 1 aliphatic rings. The maximum Gasteiger partial charge on any atom is 0.329 e. The van der Waals surface area contributed by atoms with Crippen LogP contribution in [0.25, 0.3) is 0 Å². The quantitative estimate of drug-likeness (QED) is 0.535. The van der Waals surface area contributed by atoms with Crippen LogP contribution >= 0.6 is 0 Å². The Balaban J connectivity index is 1.70. The second-order valence-corrected chi connectivity index (χ2v) is 10.4. The molecule has 36 heavy (non-hydrogen) atoms. The SMILES string of the molecule is C[C@@H](CC(=O)N1CCC[C@H]1C(=O)OC(C)(C)C)C(=O)[C@@H](Cc1ccccc1)NC(=O)c1ccccc1. The highest BCUT2D eigenvalue weighted by Crippen LogP contribution is 2.24. The number of esters is 1. The van der Waals surface area contributed by atoms with Gasteiger partial charge in [0, 0.05) is 24.4 Å². The van der Waals surface area contributed by atoms with Crippen molar-refractivity contribution in [3.05, 3.63) is 71.8 Å². The zero-order chi connectivity index (χ0) is 26.3. The number of rotatable bonds is 9. The van der Waals surface area contributed by atoms with E-state index in [0.29, 0.717) is 31.4 Å². The minimum atomic E-state index is -0.789. The Labute approximate surface area is 213 Å². The molecule has 2 aromatic carbocycles. The number of ether oxygens (including phenoxy) is 1. The highest BCUT2D eigenvalue weighted by molar-refractivity contribution is 5.99. The van der Waals surface area contributed by atoms with Crippen LogP contribution in [0.1, 0.15) is 62.9 Å². The van der Waals surface area contributed by atoms with Crippen molar-refractivity contribution in [1.82, 2.24) is 10.2 Å². The summed E-state index contributed by atoms with van der Waals surface area (Å²) in [6.07, 6.45) is 1.54. The van der Waals surface area contributed by atoms with E-state index < -0.39 is 29.6 Å². The topological polar surface area (TPSA) is 92.8 Å². The number of hydrogen-bond acceptors (Lipinski definition) is 5. The first kappa shape index (κ1) is 27.1. The molecule has 0 saturated carbocycles. The molecule has 1 aliphatic heterocycles. The van der Waals surface area contributed by atoms with E-state index in [-0.39, 0.29) is 24.0 Å². The second kappa shape index (κ2) is 12.0. The van der Waals surface area contributed by atoms with Crippen molar-refractivity contribution in [2.45, 2.75) is 71.1 Å². The Morgan fingerprint density at radius 1 is 1.00 bits per heavy atom. The van der Waals surface area contributed by atoms with Gasteiger partial charge in [-0.2, -0.15) is 0 Å². The fourth-order valence-electron chi connectivity index (χ4n) is 4.41. The van der Waals surface area contributed by atoms with Gasteiger partial charge in [-0.3, -0.25) is 14.4 Å². The first-order valence-electron chi connectivity index (χ1n) is 12.5. The van der Waals surface area contributed by atoms with Crippen LogP contribution in [0.5, 0.6) is 0 Å². The largest absolute Gasteiger partial charge is 0.458 e. The number of amides is 2. The predicted octanol–water partition coefficient (Wildman–Crippen LogP) is 3.96. The van der Waals surface area contributed by atoms with E-state index in [0.717, 1.165) is 5.56 Å². The number of ketones is 1. The molecule has 1 N–H and O–H groups in total. The van der Waals surface area contributed by atoms with Crippen molar-refractivity contribution in [2.75, 3.05) is 6.54 Å². The Hall–Kier alpha value is -3.48. The van der Waals surface area contributed by atoms with Gasteiger partial charge in [0.1, 0.15) is 11.6 Å². The minimum Gasteiger partial charge on any atom is -0.458 e. The van der Waals surface area contributed by atoms with Gasteiger partial charge < -0.3 is 15.0 Å². The molecule has 2 amide bonds. The fraction of sp³-hybridized carbons (Fsp3) is 0.448. The zero-order valence-corrected chi connectivity index (χ0v) is 21.5. The molecular formula is C29H36N2O5. The maximum absolute atomic E-state index is 13.5. The molecule has 1 saturated heterocycles.